The molecule has 0 N–H and O–H groups in total. The summed E-state index contributed by atoms with van der Waals surface area (Å²) in [5.41, 5.74) is 1.27. The second kappa shape index (κ2) is 9.82. The SMILES string of the molecule is O=C(c1sccc1S(=O)(=O)N1CCSCC1)N1CCCN(Cc2ccccc2)CC1. The molecule has 2 aromatic rings. The average molecular weight is 466 g/mol. The van der Waals surface area contributed by atoms with E-state index in [-0.39, 0.29) is 10.8 Å². The highest BCUT2D eigenvalue weighted by molar-refractivity contribution is 7.99. The van der Waals surface area contributed by atoms with E-state index in [0.717, 1.165) is 37.6 Å². The molecule has 162 valence electrons. The Bertz CT molecular complexity index is 956. The number of benzene rings is 1. The molecule has 2 saturated heterocycles. The maximum Gasteiger partial charge on any atom is 0.265 e. The molecule has 0 unspecified atom stereocenters. The Labute approximate surface area is 186 Å². The first-order valence-corrected chi connectivity index (χ1v) is 13.7. The average Bonchev–Trinajstić information content (AvgIpc) is 3.17. The summed E-state index contributed by atoms with van der Waals surface area (Å²) in [6.45, 7) is 4.88. The Kier molecular flexibility index (Phi) is 7.15. The van der Waals surface area contributed by atoms with Crippen molar-refractivity contribution in [1.29, 1.82) is 0 Å². The normalized spacial score (nSPS) is 19.5. The summed E-state index contributed by atoms with van der Waals surface area (Å²) in [5, 5.41) is 1.72. The van der Waals surface area contributed by atoms with Crippen LogP contribution in [0.5, 0.6) is 0 Å². The summed E-state index contributed by atoms with van der Waals surface area (Å²) in [5.74, 6) is 1.45. The zero-order valence-electron chi connectivity index (χ0n) is 16.9. The largest absolute Gasteiger partial charge is 0.337 e. The minimum absolute atomic E-state index is 0.156. The van der Waals surface area contributed by atoms with Crippen molar-refractivity contribution in [3.8, 4) is 0 Å². The van der Waals surface area contributed by atoms with Crippen LogP contribution in [0, 0.1) is 0 Å². The van der Waals surface area contributed by atoms with Gasteiger partial charge in [-0.05, 0) is 23.4 Å². The van der Waals surface area contributed by atoms with Gasteiger partial charge in [-0.2, -0.15) is 16.1 Å². The Morgan fingerprint density at radius 3 is 2.47 bits per heavy atom. The molecule has 9 heteroatoms. The van der Waals surface area contributed by atoms with Crippen LogP contribution in [0.3, 0.4) is 0 Å². The molecule has 2 fully saturated rings. The van der Waals surface area contributed by atoms with Crippen molar-refractivity contribution in [1.82, 2.24) is 14.1 Å². The van der Waals surface area contributed by atoms with Gasteiger partial charge in [0, 0.05) is 57.3 Å². The van der Waals surface area contributed by atoms with Crippen LogP contribution in [0.15, 0.2) is 46.7 Å². The van der Waals surface area contributed by atoms with Crippen molar-refractivity contribution in [2.24, 2.45) is 0 Å². The molecule has 1 aromatic carbocycles. The number of sulfonamides is 1. The first-order chi connectivity index (χ1) is 14.6. The first kappa shape index (κ1) is 21.8. The molecule has 0 saturated carbocycles. The molecule has 1 amide bonds. The van der Waals surface area contributed by atoms with Gasteiger partial charge in [-0.15, -0.1) is 11.3 Å². The van der Waals surface area contributed by atoms with E-state index in [1.54, 1.807) is 23.2 Å². The Balaban J connectivity index is 1.44. The van der Waals surface area contributed by atoms with Crippen LogP contribution in [0.1, 0.15) is 21.7 Å². The van der Waals surface area contributed by atoms with Gasteiger partial charge in [0.25, 0.3) is 5.91 Å². The number of hydrogen-bond acceptors (Lipinski definition) is 6. The third-order valence-corrected chi connectivity index (χ3v) is 9.45. The zero-order chi connectivity index (χ0) is 21.0. The van der Waals surface area contributed by atoms with Crippen molar-refractivity contribution in [2.75, 3.05) is 50.8 Å². The lowest BCUT2D eigenvalue weighted by Crippen LogP contribution is -2.39. The summed E-state index contributed by atoms with van der Waals surface area (Å²) in [7, 11) is -3.62. The van der Waals surface area contributed by atoms with Gasteiger partial charge in [0.15, 0.2) is 0 Å². The lowest BCUT2D eigenvalue weighted by molar-refractivity contribution is 0.0762. The van der Waals surface area contributed by atoms with Crippen molar-refractivity contribution in [3.05, 3.63) is 52.2 Å². The third-order valence-electron chi connectivity index (χ3n) is 5.54. The van der Waals surface area contributed by atoms with Crippen LogP contribution in [0.2, 0.25) is 0 Å². The fourth-order valence-electron chi connectivity index (χ4n) is 3.90. The van der Waals surface area contributed by atoms with E-state index in [0.29, 0.717) is 31.1 Å². The smallest absolute Gasteiger partial charge is 0.265 e. The Morgan fingerprint density at radius 2 is 1.70 bits per heavy atom. The molecule has 1 aromatic heterocycles. The summed E-state index contributed by atoms with van der Waals surface area (Å²) < 4.78 is 27.8. The summed E-state index contributed by atoms with van der Waals surface area (Å²) in [6, 6.07) is 11.9. The maximum absolute atomic E-state index is 13.3. The van der Waals surface area contributed by atoms with Crippen LogP contribution in [-0.4, -0.2) is 79.2 Å². The molecule has 4 rings (SSSR count). The molecule has 0 radical (unpaired) electrons. The van der Waals surface area contributed by atoms with E-state index in [9.17, 15) is 13.2 Å². The second-order valence-corrected chi connectivity index (χ2v) is 11.6. The standard InChI is InChI=1S/C21H27N3O3S3/c25-21(20-19(7-14-29-20)30(26,27)24-12-15-28-16-13-24)23-9-4-8-22(10-11-23)17-18-5-2-1-3-6-18/h1-3,5-7,14H,4,8-13,15-17H2. The number of amides is 1. The quantitative estimate of drug-likeness (QED) is 0.680. The van der Waals surface area contributed by atoms with Gasteiger partial charge in [0.05, 0.1) is 0 Å². The van der Waals surface area contributed by atoms with Gasteiger partial charge < -0.3 is 4.90 Å². The fraction of sp³-hybridized carbons (Fsp3) is 0.476. The Hall–Kier alpha value is -1.39. The van der Waals surface area contributed by atoms with Crippen molar-refractivity contribution in [3.63, 3.8) is 0 Å². The number of thioether (sulfide) groups is 1. The van der Waals surface area contributed by atoms with Crippen molar-refractivity contribution < 1.29 is 13.2 Å². The number of hydrogen-bond donors (Lipinski definition) is 0. The highest BCUT2D eigenvalue weighted by Gasteiger charge is 2.33. The van der Waals surface area contributed by atoms with Gasteiger partial charge in [0.1, 0.15) is 9.77 Å². The minimum Gasteiger partial charge on any atom is -0.337 e. The molecule has 6 nitrogen and oxygen atoms in total. The van der Waals surface area contributed by atoms with Gasteiger partial charge in [0.2, 0.25) is 10.0 Å². The third kappa shape index (κ3) is 4.91. The molecular weight excluding hydrogens is 438 g/mol. The number of carbonyl (C=O) groups excluding carboxylic acids is 1. The van der Waals surface area contributed by atoms with Gasteiger partial charge in [-0.3, -0.25) is 9.69 Å². The minimum atomic E-state index is -3.62. The number of carbonyl (C=O) groups is 1. The molecule has 0 aliphatic carbocycles. The zero-order valence-corrected chi connectivity index (χ0v) is 19.4. The van der Waals surface area contributed by atoms with Crippen LogP contribution in [0.4, 0.5) is 0 Å². The molecular formula is C21H27N3O3S3. The number of rotatable bonds is 5. The molecule has 0 atom stereocenters. The monoisotopic (exact) mass is 465 g/mol. The topological polar surface area (TPSA) is 60.9 Å². The van der Waals surface area contributed by atoms with Crippen LogP contribution < -0.4 is 0 Å². The maximum atomic E-state index is 13.3. The van der Waals surface area contributed by atoms with Crippen molar-refractivity contribution in [2.45, 2.75) is 17.9 Å². The highest BCUT2D eigenvalue weighted by atomic mass is 32.2. The van der Waals surface area contributed by atoms with Crippen LogP contribution in [-0.2, 0) is 16.6 Å². The summed E-state index contributed by atoms with van der Waals surface area (Å²) in [4.78, 5) is 18.0. The molecule has 30 heavy (non-hydrogen) atoms. The first-order valence-electron chi connectivity index (χ1n) is 10.3. The Morgan fingerprint density at radius 1 is 0.933 bits per heavy atom. The van der Waals surface area contributed by atoms with Gasteiger partial charge in [-0.1, -0.05) is 30.3 Å². The molecule has 2 aliphatic heterocycles. The molecule has 0 spiro atoms. The van der Waals surface area contributed by atoms with E-state index in [1.165, 1.54) is 21.2 Å². The predicted octanol–water partition coefficient (Wildman–Crippen LogP) is 2.83. The van der Waals surface area contributed by atoms with E-state index in [1.807, 2.05) is 23.1 Å². The number of thiophene rings is 1. The van der Waals surface area contributed by atoms with Crippen LogP contribution >= 0.6 is 23.1 Å². The van der Waals surface area contributed by atoms with Crippen molar-refractivity contribution >= 4 is 39.0 Å². The van der Waals surface area contributed by atoms with E-state index < -0.39 is 10.0 Å². The highest BCUT2D eigenvalue weighted by Crippen LogP contribution is 2.28. The molecule has 0 bridgehead atoms. The second-order valence-electron chi connectivity index (χ2n) is 7.54. The van der Waals surface area contributed by atoms with E-state index >= 15 is 0 Å². The van der Waals surface area contributed by atoms with E-state index in [4.69, 9.17) is 0 Å². The lowest BCUT2D eigenvalue weighted by atomic mass is 10.2. The predicted molar refractivity (Wildman–Crippen MR) is 123 cm³/mol. The number of nitrogens with zero attached hydrogens (tertiary/aromatic N) is 3. The van der Waals surface area contributed by atoms with Crippen LogP contribution in [0.25, 0.3) is 0 Å². The molecule has 2 aliphatic rings. The summed E-state index contributed by atoms with van der Waals surface area (Å²) >= 11 is 3.00. The van der Waals surface area contributed by atoms with E-state index in [2.05, 4.69) is 17.0 Å². The summed E-state index contributed by atoms with van der Waals surface area (Å²) in [6.07, 6.45) is 0.884. The lowest BCUT2D eigenvalue weighted by Gasteiger charge is -2.26. The van der Waals surface area contributed by atoms with Gasteiger partial charge >= 0.3 is 0 Å². The molecule has 3 heterocycles. The fourth-order valence-corrected chi connectivity index (χ4v) is 7.84. The van der Waals surface area contributed by atoms with Gasteiger partial charge in [-0.25, -0.2) is 8.42 Å².